The highest BCUT2D eigenvalue weighted by molar-refractivity contribution is 5.96. The van der Waals surface area contributed by atoms with Crippen molar-refractivity contribution in [2.45, 2.75) is 52.5 Å². The Morgan fingerprint density at radius 1 is 1.23 bits per heavy atom. The maximum Gasteiger partial charge on any atom is 0.246 e. The largest absolute Gasteiger partial charge is 0.331 e. The van der Waals surface area contributed by atoms with Crippen LogP contribution in [0, 0.1) is 6.92 Å². The Morgan fingerprint density at radius 3 is 2.45 bits per heavy atom. The number of anilines is 1. The van der Waals surface area contributed by atoms with E-state index < -0.39 is 0 Å². The third kappa shape index (κ3) is 3.87. The smallest absolute Gasteiger partial charge is 0.246 e. The number of benzene rings is 1. The Morgan fingerprint density at radius 2 is 1.91 bits per heavy atom. The van der Waals surface area contributed by atoms with Crippen LogP contribution >= 0.6 is 0 Å². The van der Waals surface area contributed by atoms with E-state index in [2.05, 4.69) is 0 Å². The van der Waals surface area contributed by atoms with Gasteiger partial charge in [0.15, 0.2) is 0 Å². The van der Waals surface area contributed by atoms with Crippen molar-refractivity contribution in [3.8, 4) is 0 Å². The maximum atomic E-state index is 12.7. The van der Waals surface area contributed by atoms with E-state index in [4.69, 9.17) is 0 Å². The molecule has 1 aliphatic carbocycles. The van der Waals surface area contributed by atoms with Crippen molar-refractivity contribution in [1.82, 2.24) is 4.90 Å². The third-order valence-corrected chi connectivity index (χ3v) is 4.41. The molecule has 2 rings (SSSR count). The van der Waals surface area contributed by atoms with E-state index in [9.17, 15) is 9.59 Å². The number of carbonyl (C=O) groups is 2. The predicted octanol–water partition coefficient (Wildman–Crippen LogP) is 3.14. The predicted molar refractivity (Wildman–Crippen MR) is 88.8 cm³/mol. The summed E-state index contributed by atoms with van der Waals surface area (Å²) in [5.41, 5.74) is 2.03. The first-order valence-corrected chi connectivity index (χ1v) is 8.17. The zero-order valence-electron chi connectivity index (χ0n) is 13.8. The molecular weight excluding hydrogens is 276 g/mol. The molecule has 22 heavy (non-hydrogen) atoms. The average molecular weight is 302 g/mol. The van der Waals surface area contributed by atoms with Crippen LogP contribution in [-0.2, 0) is 9.59 Å². The Balaban J connectivity index is 2.11. The second kappa shape index (κ2) is 7.43. The number of carbonyl (C=O) groups excluding carboxylic acids is 2. The number of amides is 2. The first kappa shape index (κ1) is 16.5. The molecule has 0 aromatic heterocycles. The number of likely N-dealkylation sites (N-methyl/N-ethyl adjacent to an activating group) is 1. The molecule has 0 heterocycles. The molecule has 0 unspecified atom stereocenters. The lowest BCUT2D eigenvalue weighted by molar-refractivity contribution is -0.135. The third-order valence-electron chi connectivity index (χ3n) is 4.41. The van der Waals surface area contributed by atoms with E-state index in [1.807, 2.05) is 38.1 Å². The summed E-state index contributed by atoms with van der Waals surface area (Å²) >= 11 is 0. The van der Waals surface area contributed by atoms with Crippen molar-refractivity contribution < 1.29 is 9.59 Å². The van der Waals surface area contributed by atoms with Gasteiger partial charge in [0, 0.05) is 25.2 Å². The van der Waals surface area contributed by atoms with Crippen LogP contribution in [0.15, 0.2) is 24.3 Å². The van der Waals surface area contributed by atoms with E-state index in [0.29, 0.717) is 6.54 Å². The van der Waals surface area contributed by atoms with Crippen LogP contribution in [0.25, 0.3) is 0 Å². The van der Waals surface area contributed by atoms with Crippen molar-refractivity contribution in [2.75, 3.05) is 18.0 Å². The fraction of sp³-hybridized carbons (Fsp3) is 0.556. The Hall–Kier alpha value is -1.84. The zero-order chi connectivity index (χ0) is 16.1. The summed E-state index contributed by atoms with van der Waals surface area (Å²) in [6.45, 7) is 6.34. The summed E-state index contributed by atoms with van der Waals surface area (Å²) in [4.78, 5) is 28.1. The van der Waals surface area contributed by atoms with Crippen molar-refractivity contribution in [1.29, 1.82) is 0 Å². The molecule has 4 heteroatoms. The van der Waals surface area contributed by atoms with Crippen LogP contribution in [0.4, 0.5) is 5.69 Å². The second-order valence-corrected chi connectivity index (χ2v) is 6.06. The van der Waals surface area contributed by atoms with Gasteiger partial charge < -0.3 is 9.80 Å². The van der Waals surface area contributed by atoms with Crippen molar-refractivity contribution in [2.24, 2.45) is 0 Å². The summed E-state index contributed by atoms with van der Waals surface area (Å²) < 4.78 is 0. The average Bonchev–Trinajstić information content (AvgIpc) is 2.99. The van der Waals surface area contributed by atoms with Crippen LogP contribution in [0.5, 0.6) is 0 Å². The van der Waals surface area contributed by atoms with Crippen LogP contribution in [-0.4, -0.2) is 35.8 Å². The summed E-state index contributed by atoms with van der Waals surface area (Å²) in [7, 11) is 0. The van der Waals surface area contributed by atoms with Gasteiger partial charge in [-0.25, -0.2) is 0 Å². The minimum Gasteiger partial charge on any atom is -0.331 e. The Kier molecular flexibility index (Phi) is 5.58. The van der Waals surface area contributed by atoms with Crippen LogP contribution in [0.1, 0.15) is 45.1 Å². The van der Waals surface area contributed by atoms with Gasteiger partial charge in [-0.2, -0.15) is 0 Å². The van der Waals surface area contributed by atoms with Gasteiger partial charge in [-0.05, 0) is 44.4 Å². The monoisotopic (exact) mass is 302 g/mol. The SMILES string of the molecule is CCN(C(=O)CN(C(C)=O)C1CCCC1)c1cccc(C)c1. The number of hydrogen-bond donors (Lipinski definition) is 0. The molecule has 0 atom stereocenters. The molecule has 1 aromatic carbocycles. The fourth-order valence-electron chi connectivity index (χ4n) is 3.24. The second-order valence-electron chi connectivity index (χ2n) is 6.06. The molecule has 120 valence electrons. The highest BCUT2D eigenvalue weighted by Gasteiger charge is 2.28. The first-order chi connectivity index (χ1) is 10.5. The van der Waals surface area contributed by atoms with Gasteiger partial charge in [-0.15, -0.1) is 0 Å². The minimum atomic E-state index is -0.00444. The van der Waals surface area contributed by atoms with Gasteiger partial charge in [0.25, 0.3) is 0 Å². The van der Waals surface area contributed by atoms with Crippen molar-refractivity contribution in [3.05, 3.63) is 29.8 Å². The quantitative estimate of drug-likeness (QED) is 0.838. The summed E-state index contributed by atoms with van der Waals surface area (Å²) in [6, 6.07) is 8.16. The van der Waals surface area contributed by atoms with Crippen LogP contribution < -0.4 is 4.90 Å². The van der Waals surface area contributed by atoms with E-state index in [-0.39, 0.29) is 24.4 Å². The molecule has 1 saturated carbocycles. The Bertz CT molecular complexity index is 536. The molecule has 1 aromatic rings. The molecule has 0 aliphatic heterocycles. The lowest BCUT2D eigenvalue weighted by atomic mass is 10.2. The summed E-state index contributed by atoms with van der Waals surface area (Å²) in [5.74, 6) is -0.00394. The van der Waals surface area contributed by atoms with E-state index in [1.54, 1.807) is 16.7 Å². The zero-order valence-corrected chi connectivity index (χ0v) is 13.8. The van der Waals surface area contributed by atoms with Gasteiger partial charge in [-0.3, -0.25) is 9.59 Å². The lowest BCUT2D eigenvalue weighted by Gasteiger charge is -2.30. The molecular formula is C18H26N2O2. The number of hydrogen-bond acceptors (Lipinski definition) is 2. The van der Waals surface area contributed by atoms with Crippen molar-refractivity contribution in [3.63, 3.8) is 0 Å². The standard InChI is InChI=1S/C18H26N2O2/c1-4-19(17-11-7-8-14(2)12-17)18(22)13-20(15(3)21)16-9-5-6-10-16/h7-8,11-12,16H,4-6,9-10,13H2,1-3H3. The van der Waals surface area contributed by atoms with Crippen molar-refractivity contribution >= 4 is 17.5 Å². The first-order valence-electron chi connectivity index (χ1n) is 8.17. The maximum absolute atomic E-state index is 12.7. The Labute approximate surface area is 133 Å². The van der Waals surface area contributed by atoms with E-state index in [1.165, 1.54) is 0 Å². The minimum absolute atomic E-state index is 0.000505. The normalized spacial score (nSPS) is 14.9. The number of rotatable bonds is 5. The molecule has 0 bridgehead atoms. The molecule has 0 radical (unpaired) electrons. The van der Waals surface area contributed by atoms with Gasteiger partial charge >= 0.3 is 0 Å². The number of aryl methyl sites for hydroxylation is 1. The molecule has 1 aliphatic rings. The highest BCUT2D eigenvalue weighted by Crippen LogP contribution is 2.24. The topological polar surface area (TPSA) is 40.6 Å². The lowest BCUT2D eigenvalue weighted by Crippen LogP contribution is -2.46. The molecule has 0 spiro atoms. The summed E-state index contributed by atoms with van der Waals surface area (Å²) in [5, 5.41) is 0. The molecule has 0 N–H and O–H groups in total. The van der Waals surface area contributed by atoms with Crippen LogP contribution in [0.3, 0.4) is 0 Å². The van der Waals surface area contributed by atoms with Gasteiger partial charge in [0.2, 0.25) is 11.8 Å². The van der Waals surface area contributed by atoms with Crippen LogP contribution in [0.2, 0.25) is 0 Å². The molecule has 0 saturated heterocycles. The van der Waals surface area contributed by atoms with E-state index in [0.717, 1.165) is 36.9 Å². The van der Waals surface area contributed by atoms with Gasteiger partial charge in [0.1, 0.15) is 6.54 Å². The van der Waals surface area contributed by atoms with Gasteiger partial charge in [-0.1, -0.05) is 25.0 Å². The van der Waals surface area contributed by atoms with Gasteiger partial charge in [0.05, 0.1) is 0 Å². The molecule has 1 fully saturated rings. The highest BCUT2D eigenvalue weighted by atomic mass is 16.2. The summed E-state index contributed by atoms with van der Waals surface area (Å²) in [6.07, 6.45) is 4.34. The molecule has 4 nitrogen and oxygen atoms in total. The number of nitrogens with zero attached hydrogens (tertiary/aromatic N) is 2. The molecule has 2 amide bonds. The van der Waals surface area contributed by atoms with E-state index >= 15 is 0 Å². The fourth-order valence-corrected chi connectivity index (χ4v) is 3.24.